The number of aryl methyl sites for hydroxylation is 2. The first-order chi connectivity index (χ1) is 10.9. The minimum absolute atomic E-state index is 0.215. The Morgan fingerprint density at radius 3 is 2.48 bits per heavy atom. The van der Waals surface area contributed by atoms with Crippen LogP contribution in [0.25, 0.3) is 0 Å². The first kappa shape index (κ1) is 18.0. The second kappa shape index (κ2) is 7.99. The molecule has 0 fully saturated rings. The Hall–Kier alpha value is -1.30. The molecule has 0 atom stereocenters. The van der Waals surface area contributed by atoms with Crippen molar-refractivity contribution in [2.24, 2.45) is 0 Å². The van der Waals surface area contributed by atoms with Gasteiger partial charge in [-0.15, -0.1) is 0 Å². The average molecular weight is 371 g/mol. The van der Waals surface area contributed by atoms with Gasteiger partial charge in [0.2, 0.25) is 0 Å². The molecule has 0 aliphatic heterocycles. The Labute approximate surface area is 149 Å². The number of halogens is 2. The highest BCUT2D eigenvalue weighted by atomic mass is 35.5. The Morgan fingerprint density at radius 2 is 1.87 bits per heavy atom. The lowest BCUT2D eigenvalue weighted by Gasteiger charge is -2.10. The highest BCUT2D eigenvalue weighted by Gasteiger charge is 2.14. The monoisotopic (exact) mass is 370 g/mol. The number of benzene rings is 1. The molecule has 1 aromatic heterocycles. The van der Waals surface area contributed by atoms with Gasteiger partial charge in [-0.2, -0.15) is 0 Å². The summed E-state index contributed by atoms with van der Waals surface area (Å²) in [6, 6.07) is 4.93. The summed E-state index contributed by atoms with van der Waals surface area (Å²) in [5.74, 6) is -0.103. The number of hydrogen-bond acceptors (Lipinski definition) is 5. The van der Waals surface area contributed by atoms with Gasteiger partial charge in [0, 0.05) is 11.4 Å². The third-order valence-corrected chi connectivity index (χ3v) is 4.65. The number of hydrogen-bond donors (Lipinski definition) is 0. The Balaban J connectivity index is 2.04. The fourth-order valence-corrected chi connectivity index (χ4v) is 2.91. The predicted molar refractivity (Wildman–Crippen MR) is 93.7 cm³/mol. The maximum Gasteiger partial charge on any atom is 0.311 e. The van der Waals surface area contributed by atoms with E-state index in [-0.39, 0.29) is 23.2 Å². The lowest BCUT2D eigenvalue weighted by Crippen LogP contribution is -2.11. The van der Waals surface area contributed by atoms with Gasteiger partial charge < -0.3 is 4.74 Å². The second-order valence-corrected chi connectivity index (χ2v) is 6.44. The quantitative estimate of drug-likeness (QED) is 0.331. The number of esters is 1. The molecule has 0 radical (unpaired) electrons. The molecule has 2 rings (SSSR count). The Morgan fingerprint density at radius 1 is 1.22 bits per heavy atom. The molecule has 0 bridgehead atoms. The van der Waals surface area contributed by atoms with Gasteiger partial charge in [-0.3, -0.25) is 4.79 Å². The first-order valence-electron chi connectivity index (χ1n) is 6.95. The van der Waals surface area contributed by atoms with E-state index in [0.29, 0.717) is 11.4 Å². The fraction of sp³-hybridized carbons (Fsp3) is 0.312. The van der Waals surface area contributed by atoms with Crippen molar-refractivity contribution in [2.75, 3.05) is 6.26 Å². The van der Waals surface area contributed by atoms with Gasteiger partial charge in [-0.1, -0.05) is 41.0 Å². The smallest absolute Gasteiger partial charge is 0.311 e. The highest BCUT2D eigenvalue weighted by molar-refractivity contribution is 7.98. The molecule has 7 heteroatoms. The van der Waals surface area contributed by atoms with Crippen LogP contribution < -0.4 is 4.74 Å². The molecule has 0 saturated heterocycles. The summed E-state index contributed by atoms with van der Waals surface area (Å²) in [5, 5.41) is 1.32. The average Bonchev–Trinajstić information content (AvgIpc) is 2.50. The van der Waals surface area contributed by atoms with E-state index in [9.17, 15) is 4.79 Å². The van der Waals surface area contributed by atoms with Crippen molar-refractivity contribution < 1.29 is 9.53 Å². The Kier molecular flexibility index (Phi) is 6.27. The molecular weight excluding hydrogens is 355 g/mol. The van der Waals surface area contributed by atoms with E-state index in [4.69, 9.17) is 27.9 Å². The zero-order valence-corrected chi connectivity index (χ0v) is 15.3. The van der Waals surface area contributed by atoms with Crippen LogP contribution in [-0.2, 0) is 11.2 Å². The summed E-state index contributed by atoms with van der Waals surface area (Å²) in [4.78, 5) is 20.8. The lowest BCUT2D eigenvalue weighted by atomic mass is 10.1. The summed E-state index contributed by atoms with van der Waals surface area (Å²) in [5.41, 5.74) is 2.74. The zero-order valence-electron chi connectivity index (χ0n) is 13.0. The van der Waals surface area contributed by atoms with Gasteiger partial charge in [-0.05, 0) is 44.2 Å². The van der Waals surface area contributed by atoms with Crippen LogP contribution in [0.5, 0.6) is 5.75 Å². The summed E-state index contributed by atoms with van der Waals surface area (Å²) in [6.45, 7) is 3.84. The molecule has 2 aromatic rings. The summed E-state index contributed by atoms with van der Waals surface area (Å²) >= 11 is 13.4. The molecule has 0 aliphatic carbocycles. The second-order valence-electron chi connectivity index (χ2n) is 4.89. The molecule has 122 valence electrons. The highest BCUT2D eigenvalue weighted by Crippen LogP contribution is 2.31. The molecule has 0 spiro atoms. The van der Waals surface area contributed by atoms with Gasteiger partial charge >= 0.3 is 5.97 Å². The van der Waals surface area contributed by atoms with Gasteiger partial charge in [0.25, 0.3) is 0 Å². The molecule has 0 saturated carbocycles. The third-order valence-electron chi connectivity index (χ3n) is 3.30. The van der Waals surface area contributed by atoms with Crippen molar-refractivity contribution in [3.63, 3.8) is 0 Å². The van der Waals surface area contributed by atoms with E-state index in [2.05, 4.69) is 9.97 Å². The summed E-state index contributed by atoms with van der Waals surface area (Å²) in [6.07, 6.45) is 2.66. The van der Waals surface area contributed by atoms with Crippen molar-refractivity contribution in [1.29, 1.82) is 0 Å². The molecule has 23 heavy (non-hydrogen) atoms. The number of thioether (sulfide) groups is 1. The fourth-order valence-electron chi connectivity index (χ4n) is 2.13. The van der Waals surface area contributed by atoms with E-state index < -0.39 is 0 Å². The van der Waals surface area contributed by atoms with E-state index in [1.54, 1.807) is 18.2 Å². The normalized spacial score (nSPS) is 10.7. The topological polar surface area (TPSA) is 52.1 Å². The van der Waals surface area contributed by atoms with Gasteiger partial charge in [0.15, 0.2) is 10.9 Å². The molecule has 1 aromatic carbocycles. The van der Waals surface area contributed by atoms with E-state index in [1.807, 2.05) is 20.1 Å². The summed E-state index contributed by atoms with van der Waals surface area (Å²) < 4.78 is 5.27. The molecule has 0 unspecified atom stereocenters. The van der Waals surface area contributed by atoms with Gasteiger partial charge in [0.1, 0.15) is 5.02 Å². The van der Waals surface area contributed by atoms with Crippen LogP contribution in [0.3, 0.4) is 0 Å². The van der Waals surface area contributed by atoms with Gasteiger partial charge in [-0.25, -0.2) is 9.97 Å². The number of aromatic nitrogens is 2. The molecule has 4 nitrogen and oxygen atoms in total. The van der Waals surface area contributed by atoms with Gasteiger partial charge in [0.05, 0.1) is 11.4 Å². The van der Waals surface area contributed by atoms with Crippen LogP contribution in [-0.4, -0.2) is 22.2 Å². The van der Waals surface area contributed by atoms with Crippen molar-refractivity contribution in [3.05, 3.63) is 45.2 Å². The molecule has 1 heterocycles. The maximum absolute atomic E-state index is 12.0. The molecular formula is C16H16Cl2N2O2S. The minimum Gasteiger partial charge on any atom is -0.425 e. The summed E-state index contributed by atoms with van der Waals surface area (Å²) in [7, 11) is 0. The number of ether oxygens (including phenoxy) is 1. The van der Waals surface area contributed by atoms with E-state index in [0.717, 1.165) is 22.1 Å². The minimum atomic E-state index is -0.373. The van der Waals surface area contributed by atoms with Crippen LogP contribution in [0.15, 0.2) is 23.4 Å². The predicted octanol–water partition coefficient (Wildman–Crippen LogP) is 4.66. The first-order valence-corrected chi connectivity index (χ1v) is 8.93. The van der Waals surface area contributed by atoms with Crippen LogP contribution >= 0.6 is 35.0 Å². The molecule has 0 N–H and O–H groups in total. The van der Waals surface area contributed by atoms with Crippen LogP contribution in [0.1, 0.15) is 23.4 Å². The lowest BCUT2D eigenvalue weighted by molar-refractivity contribution is -0.134. The molecule has 0 aliphatic rings. The third kappa shape index (κ3) is 4.59. The number of rotatable bonds is 5. The molecule has 0 amide bonds. The number of carbonyl (C=O) groups is 1. The van der Waals surface area contributed by atoms with Crippen molar-refractivity contribution >= 4 is 40.9 Å². The van der Waals surface area contributed by atoms with Crippen LogP contribution in [0.4, 0.5) is 0 Å². The maximum atomic E-state index is 12.0. The number of nitrogens with zero attached hydrogens (tertiary/aromatic N) is 2. The van der Waals surface area contributed by atoms with E-state index in [1.165, 1.54) is 11.8 Å². The largest absolute Gasteiger partial charge is 0.425 e. The van der Waals surface area contributed by atoms with Crippen LogP contribution in [0.2, 0.25) is 10.0 Å². The van der Waals surface area contributed by atoms with Crippen molar-refractivity contribution in [2.45, 2.75) is 31.8 Å². The Bertz CT molecular complexity index is 715. The van der Waals surface area contributed by atoms with Crippen LogP contribution in [0, 0.1) is 13.8 Å². The van der Waals surface area contributed by atoms with Crippen molar-refractivity contribution in [1.82, 2.24) is 9.97 Å². The number of carbonyl (C=O) groups excluding carboxylic acids is 1. The van der Waals surface area contributed by atoms with Crippen molar-refractivity contribution in [3.8, 4) is 5.75 Å². The standard InChI is InChI=1S/C16H16Cl2N2O2S/c1-9-11(10(2)20-16(19-9)23-3)7-8-14(21)22-13-6-4-5-12(17)15(13)18/h4-6H,7-8H2,1-3H3. The zero-order chi connectivity index (χ0) is 17.0. The SMILES string of the molecule is CSc1nc(C)c(CCC(=O)Oc2cccc(Cl)c2Cl)c(C)n1. The van der Waals surface area contributed by atoms with E-state index >= 15 is 0 Å².